The molecule has 0 saturated heterocycles. The fourth-order valence-corrected chi connectivity index (χ4v) is 1.33. The quantitative estimate of drug-likeness (QED) is 0.550. The third-order valence-corrected chi connectivity index (χ3v) is 2.34. The Labute approximate surface area is 101 Å². The highest BCUT2D eigenvalue weighted by Gasteiger charge is 2.08. The highest BCUT2D eigenvalue weighted by Crippen LogP contribution is 2.17. The number of nitrogens with one attached hydrogen (secondary N) is 2. The van der Waals surface area contributed by atoms with Crippen molar-refractivity contribution in [2.75, 3.05) is 30.3 Å². The van der Waals surface area contributed by atoms with Gasteiger partial charge in [0.1, 0.15) is 18.0 Å². The first-order valence-corrected chi connectivity index (χ1v) is 5.77. The van der Waals surface area contributed by atoms with Crippen molar-refractivity contribution in [3.8, 4) is 0 Å². The maximum atomic E-state index is 9.25. The Balaban J connectivity index is 2.65. The Kier molecular flexibility index (Phi) is 5.65. The zero-order valence-electron chi connectivity index (χ0n) is 10.3. The number of rotatable bonds is 7. The van der Waals surface area contributed by atoms with Gasteiger partial charge in [-0.2, -0.15) is 0 Å². The Bertz CT molecular complexity index is 346. The first kappa shape index (κ1) is 13.7. The van der Waals surface area contributed by atoms with Crippen molar-refractivity contribution in [3.05, 3.63) is 11.9 Å². The maximum Gasteiger partial charge on any atom is 0.134 e. The highest BCUT2D eigenvalue weighted by atomic mass is 16.3. The number of aliphatic hydroxyl groups is 2. The number of hydrogen-bond acceptors (Lipinski definition) is 6. The molecule has 0 aliphatic carbocycles. The van der Waals surface area contributed by atoms with Crippen LogP contribution in [0.1, 0.15) is 18.9 Å². The molecule has 1 rings (SSSR count). The number of anilines is 2. The molecule has 1 heterocycles. The van der Waals surface area contributed by atoms with Gasteiger partial charge in [-0.25, -0.2) is 9.97 Å². The molecular formula is C11H20N4O2. The van der Waals surface area contributed by atoms with Gasteiger partial charge in [0.25, 0.3) is 0 Å². The van der Waals surface area contributed by atoms with E-state index in [0.29, 0.717) is 5.82 Å². The Hall–Kier alpha value is -1.40. The molecule has 1 atom stereocenters. The van der Waals surface area contributed by atoms with Crippen LogP contribution in [-0.2, 0) is 0 Å². The van der Waals surface area contributed by atoms with Crippen LogP contribution in [0.15, 0.2) is 6.33 Å². The van der Waals surface area contributed by atoms with E-state index in [-0.39, 0.29) is 13.2 Å². The van der Waals surface area contributed by atoms with Crippen LogP contribution in [0.3, 0.4) is 0 Å². The first-order valence-electron chi connectivity index (χ1n) is 5.77. The van der Waals surface area contributed by atoms with Crippen LogP contribution in [0.5, 0.6) is 0 Å². The smallest absolute Gasteiger partial charge is 0.134 e. The van der Waals surface area contributed by atoms with Crippen LogP contribution in [0.25, 0.3) is 0 Å². The summed E-state index contributed by atoms with van der Waals surface area (Å²) >= 11 is 0. The number of nitrogens with zero attached hydrogens (tertiary/aromatic N) is 2. The van der Waals surface area contributed by atoms with Crippen LogP contribution < -0.4 is 10.6 Å². The zero-order chi connectivity index (χ0) is 12.7. The summed E-state index contributed by atoms with van der Waals surface area (Å²) in [7, 11) is 0. The fourth-order valence-electron chi connectivity index (χ4n) is 1.33. The molecule has 0 amide bonds. The fraction of sp³-hybridized carbons (Fsp3) is 0.636. The van der Waals surface area contributed by atoms with Crippen molar-refractivity contribution >= 4 is 11.6 Å². The minimum atomic E-state index is -0.781. The largest absolute Gasteiger partial charge is 0.394 e. The summed E-state index contributed by atoms with van der Waals surface area (Å²) in [5.41, 5.74) is 0.908. The molecule has 0 bridgehead atoms. The Morgan fingerprint density at radius 3 is 2.53 bits per heavy atom. The van der Waals surface area contributed by atoms with Crippen LogP contribution in [-0.4, -0.2) is 46.0 Å². The highest BCUT2D eigenvalue weighted by molar-refractivity contribution is 5.56. The van der Waals surface area contributed by atoms with Crippen molar-refractivity contribution in [1.29, 1.82) is 0 Å². The lowest BCUT2D eigenvalue weighted by Crippen LogP contribution is -2.24. The Morgan fingerprint density at radius 2 is 1.94 bits per heavy atom. The molecule has 96 valence electrons. The predicted molar refractivity (Wildman–Crippen MR) is 67.1 cm³/mol. The summed E-state index contributed by atoms with van der Waals surface area (Å²) < 4.78 is 0. The predicted octanol–water partition coefficient (Wildman–Crippen LogP) is 0.372. The van der Waals surface area contributed by atoms with E-state index in [4.69, 9.17) is 5.11 Å². The number of aliphatic hydroxyl groups excluding tert-OH is 2. The Morgan fingerprint density at radius 1 is 1.29 bits per heavy atom. The van der Waals surface area contributed by atoms with Gasteiger partial charge in [0.05, 0.1) is 12.7 Å². The van der Waals surface area contributed by atoms with E-state index in [0.717, 1.165) is 24.3 Å². The van der Waals surface area contributed by atoms with Gasteiger partial charge in [0, 0.05) is 18.7 Å². The molecule has 17 heavy (non-hydrogen) atoms. The summed E-state index contributed by atoms with van der Waals surface area (Å²) in [5.74, 6) is 1.47. The molecule has 0 aliphatic rings. The third-order valence-electron chi connectivity index (χ3n) is 2.34. The van der Waals surface area contributed by atoms with E-state index in [2.05, 4.69) is 27.5 Å². The van der Waals surface area contributed by atoms with Gasteiger partial charge in [-0.1, -0.05) is 6.92 Å². The zero-order valence-corrected chi connectivity index (χ0v) is 10.3. The minimum absolute atomic E-state index is 0.265. The van der Waals surface area contributed by atoms with E-state index in [9.17, 15) is 5.11 Å². The average molecular weight is 240 g/mol. The summed E-state index contributed by atoms with van der Waals surface area (Å²) in [6.45, 7) is 4.85. The summed E-state index contributed by atoms with van der Waals surface area (Å²) in [5, 5.41) is 24.1. The standard InChI is InChI=1S/C11H20N4O2/c1-3-4-12-10-8(2)11(15-7-14-10)13-5-9(17)6-16/h7,9,16-17H,3-6H2,1-2H3,(H2,12,13,14,15). The average Bonchev–Trinajstić information content (AvgIpc) is 2.35. The number of hydrogen-bond donors (Lipinski definition) is 4. The minimum Gasteiger partial charge on any atom is -0.394 e. The van der Waals surface area contributed by atoms with Gasteiger partial charge < -0.3 is 20.8 Å². The van der Waals surface area contributed by atoms with E-state index in [1.807, 2.05) is 6.92 Å². The van der Waals surface area contributed by atoms with Crippen LogP contribution >= 0.6 is 0 Å². The third kappa shape index (κ3) is 4.16. The SMILES string of the molecule is CCCNc1ncnc(NCC(O)CO)c1C. The first-order chi connectivity index (χ1) is 8.19. The van der Waals surface area contributed by atoms with Gasteiger partial charge in [0.15, 0.2) is 0 Å². The van der Waals surface area contributed by atoms with Crippen molar-refractivity contribution in [1.82, 2.24) is 9.97 Å². The molecule has 0 aromatic carbocycles. The van der Waals surface area contributed by atoms with Crippen molar-refractivity contribution in [2.45, 2.75) is 26.4 Å². The molecule has 1 unspecified atom stereocenters. The van der Waals surface area contributed by atoms with Gasteiger partial charge in [-0.15, -0.1) is 0 Å². The van der Waals surface area contributed by atoms with Crippen LogP contribution in [0.4, 0.5) is 11.6 Å². The molecule has 0 radical (unpaired) electrons. The van der Waals surface area contributed by atoms with E-state index >= 15 is 0 Å². The van der Waals surface area contributed by atoms with Crippen molar-refractivity contribution in [3.63, 3.8) is 0 Å². The molecule has 0 aliphatic heterocycles. The van der Waals surface area contributed by atoms with Gasteiger partial charge >= 0.3 is 0 Å². The van der Waals surface area contributed by atoms with Crippen molar-refractivity contribution < 1.29 is 10.2 Å². The second kappa shape index (κ2) is 7.03. The molecular weight excluding hydrogens is 220 g/mol. The molecule has 0 fully saturated rings. The molecule has 6 heteroatoms. The summed E-state index contributed by atoms with van der Waals surface area (Å²) in [6.07, 6.45) is 1.71. The number of aromatic nitrogens is 2. The van der Waals surface area contributed by atoms with Gasteiger partial charge in [-0.05, 0) is 13.3 Å². The van der Waals surface area contributed by atoms with E-state index < -0.39 is 6.10 Å². The normalized spacial score (nSPS) is 12.2. The van der Waals surface area contributed by atoms with Crippen LogP contribution in [0.2, 0.25) is 0 Å². The van der Waals surface area contributed by atoms with Gasteiger partial charge in [0.2, 0.25) is 0 Å². The van der Waals surface area contributed by atoms with Crippen LogP contribution in [0, 0.1) is 6.92 Å². The molecule has 1 aromatic heterocycles. The summed E-state index contributed by atoms with van der Waals surface area (Å²) in [4.78, 5) is 8.25. The second-order valence-electron chi connectivity index (χ2n) is 3.84. The molecule has 6 nitrogen and oxygen atoms in total. The lowest BCUT2D eigenvalue weighted by Gasteiger charge is -2.13. The topological polar surface area (TPSA) is 90.3 Å². The summed E-state index contributed by atoms with van der Waals surface area (Å²) in [6, 6.07) is 0. The van der Waals surface area contributed by atoms with Crippen molar-refractivity contribution in [2.24, 2.45) is 0 Å². The van der Waals surface area contributed by atoms with E-state index in [1.54, 1.807) is 0 Å². The molecule has 1 aromatic rings. The lowest BCUT2D eigenvalue weighted by atomic mass is 10.3. The molecule has 4 N–H and O–H groups in total. The molecule has 0 spiro atoms. The maximum absolute atomic E-state index is 9.25. The van der Waals surface area contributed by atoms with Gasteiger partial charge in [-0.3, -0.25) is 0 Å². The second-order valence-corrected chi connectivity index (χ2v) is 3.84. The molecule has 0 saturated carbocycles. The lowest BCUT2D eigenvalue weighted by molar-refractivity contribution is 0.105. The van der Waals surface area contributed by atoms with E-state index in [1.165, 1.54) is 6.33 Å². The monoisotopic (exact) mass is 240 g/mol.